The van der Waals surface area contributed by atoms with Crippen LogP contribution in [-0.4, -0.2) is 18.0 Å². The average Bonchev–Trinajstić information content (AvgIpc) is 2.33. The third kappa shape index (κ3) is 2.66. The van der Waals surface area contributed by atoms with Crippen LogP contribution >= 0.6 is 0 Å². The summed E-state index contributed by atoms with van der Waals surface area (Å²) in [7, 11) is 0. The second kappa shape index (κ2) is 4.88. The van der Waals surface area contributed by atoms with Gasteiger partial charge in [0.25, 0.3) is 0 Å². The molecule has 0 aromatic heterocycles. The van der Waals surface area contributed by atoms with Crippen LogP contribution in [0.3, 0.4) is 0 Å². The van der Waals surface area contributed by atoms with Crippen LogP contribution in [0.25, 0.3) is 0 Å². The molecule has 1 aromatic carbocycles. The maximum absolute atomic E-state index is 4.08. The SMILES string of the molecule is C=C(Nc1ccc(C)cc1)N1CC=CCC1. The van der Waals surface area contributed by atoms with Crippen molar-refractivity contribution < 1.29 is 0 Å². The van der Waals surface area contributed by atoms with Gasteiger partial charge in [0.1, 0.15) is 0 Å². The monoisotopic (exact) mass is 214 g/mol. The molecule has 2 rings (SSSR count). The van der Waals surface area contributed by atoms with E-state index in [9.17, 15) is 0 Å². The first-order chi connectivity index (χ1) is 7.75. The molecule has 16 heavy (non-hydrogen) atoms. The van der Waals surface area contributed by atoms with E-state index in [1.807, 2.05) is 0 Å². The minimum absolute atomic E-state index is 0.956. The Balaban J connectivity index is 1.96. The topological polar surface area (TPSA) is 15.3 Å². The zero-order valence-corrected chi connectivity index (χ0v) is 9.74. The quantitative estimate of drug-likeness (QED) is 0.778. The van der Waals surface area contributed by atoms with Crippen molar-refractivity contribution in [2.24, 2.45) is 0 Å². The van der Waals surface area contributed by atoms with E-state index >= 15 is 0 Å². The van der Waals surface area contributed by atoms with Crippen LogP contribution in [0, 0.1) is 6.92 Å². The summed E-state index contributed by atoms with van der Waals surface area (Å²) in [5.41, 5.74) is 2.38. The number of aryl methyl sites for hydroxylation is 1. The number of nitrogens with one attached hydrogen (secondary N) is 1. The lowest BCUT2D eigenvalue weighted by atomic mass is 10.2. The lowest BCUT2D eigenvalue weighted by Crippen LogP contribution is -2.29. The average molecular weight is 214 g/mol. The first-order valence-electron chi connectivity index (χ1n) is 5.68. The van der Waals surface area contributed by atoms with Gasteiger partial charge in [-0.3, -0.25) is 0 Å². The standard InChI is InChI=1S/C14H18N2/c1-12-6-8-14(9-7-12)15-13(2)16-10-4-3-5-11-16/h3-4,6-9,15H,2,5,10-11H2,1H3. The number of benzene rings is 1. The summed E-state index contributed by atoms with van der Waals surface area (Å²) in [5, 5.41) is 3.34. The molecule has 0 aliphatic carbocycles. The van der Waals surface area contributed by atoms with Gasteiger partial charge in [0, 0.05) is 18.8 Å². The summed E-state index contributed by atoms with van der Waals surface area (Å²) in [6.45, 7) is 8.17. The Morgan fingerprint density at radius 3 is 2.62 bits per heavy atom. The van der Waals surface area contributed by atoms with Gasteiger partial charge in [0.15, 0.2) is 0 Å². The van der Waals surface area contributed by atoms with Crippen LogP contribution in [0.15, 0.2) is 48.8 Å². The molecule has 84 valence electrons. The molecule has 0 spiro atoms. The molecule has 1 aliphatic heterocycles. The molecule has 0 atom stereocenters. The highest BCUT2D eigenvalue weighted by atomic mass is 15.2. The van der Waals surface area contributed by atoms with Gasteiger partial charge in [-0.05, 0) is 25.5 Å². The van der Waals surface area contributed by atoms with Crippen molar-refractivity contribution in [1.29, 1.82) is 0 Å². The van der Waals surface area contributed by atoms with Gasteiger partial charge < -0.3 is 10.2 Å². The van der Waals surface area contributed by atoms with Gasteiger partial charge in [-0.2, -0.15) is 0 Å². The van der Waals surface area contributed by atoms with E-state index in [-0.39, 0.29) is 0 Å². The summed E-state index contributed by atoms with van der Waals surface area (Å²) in [6, 6.07) is 8.37. The normalized spacial score (nSPS) is 14.9. The molecule has 0 unspecified atom stereocenters. The van der Waals surface area contributed by atoms with Gasteiger partial charge in [-0.1, -0.05) is 36.4 Å². The third-order valence-corrected chi connectivity index (χ3v) is 2.78. The van der Waals surface area contributed by atoms with Crippen molar-refractivity contribution >= 4 is 5.69 Å². The number of nitrogens with zero attached hydrogens (tertiary/aromatic N) is 1. The lowest BCUT2D eigenvalue weighted by molar-refractivity contribution is 0.380. The third-order valence-electron chi connectivity index (χ3n) is 2.78. The molecule has 2 nitrogen and oxygen atoms in total. The molecule has 2 heteroatoms. The Bertz CT molecular complexity index is 390. The minimum atomic E-state index is 0.956. The fourth-order valence-electron chi connectivity index (χ4n) is 1.77. The maximum atomic E-state index is 4.08. The van der Waals surface area contributed by atoms with E-state index in [4.69, 9.17) is 0 Å². The Morgan fingerprint density at radius 1 is 1.25 bits per heavy atom. The maximum Gasteiger partial charge on any atom is 0.0986 e. The number of rotatable bonds is 3. The molecular weight excluding hydrogens is 196 g/mol. The molecule has 0 fully saturated rings. The molecule has 1 N–H and O–H groups in total. The van der Waals surface area contributed by atoms with Crippen LogP contribution in [0.1, 0.15) is 12.0 Å². The Labute approximate surface area is 97.3 Å². The van der Waals surface area contributed by atoms with Crippen LogP contribution in [0.4, 0.5) is 5.69 Å². The predicted octanol–water partition coefficient (Wildman–Crippen LogP) is 3.14. The van der Waals surface area contributed by atoms with Crippen molar-refractivity contribution in [2.45, 2.75) is 13.3 Å². The summed E-state index contributed by atoms with van der Waals surface area (Å²) in [4.78, 5) is 2.25. The molecule has 1 aliphatic rings. The first-order valence-corrected chi connectivity index (χ1v) is 5.68. The fraction of sp³-hybridized carbons (Fsp3) is 0.286. The van der Waals surface area contributed by atoms with E-state index in [0.717, 1.165) is 31.0 Å². The molecule has 0 amide bonds. The predicted molar refractivity (Wildman–Crippen MR) is 69.3 cm³/mol. The summed E-state index contributed by atoms with van der Waals surface area (Å²) < 4.78 is 0. The van der Waals surface area contributed by atoms with Crippen LogP contribution in [0.5, 0.6) is 0 Å². The van der Waals surface area contributed by atoms with E-state index in [0.29, 0.717) is 0 Å². The number of hydrogen-bond acceptors (Lipinski definition) is 2. The molecule has 1 aromatic rings. The number of anilines is 1. The van der Waals surface area contributed by atoms with E-state index in [2.05, 4.69) is 60.1 Å². The molecule has 0 bridgehead atoms. The highest BCUT2D eigenvalue weighted by Crippen LogP contribution is 2.14. The lowest BCUT2D eigenvalue weighted by Gasteiger charge is -2.28. The highest BCUT2D eigenvalue weighted by molar-refractivity contribution is 5.48. The fourth-order valence-corrected chi connectivity index (χ4v) is 1.77. The molecule has 0 saturated heterocycles. The Hall–Kier alpha value is -1.70. The Kier molecular flexibility index (Phi) is 3.30. The van der Waals surface area contributed by atoms with Gasteiger partial charge in [-0.25, -0.2) is 0 Å². The van der Waals surface area contributed by atoms with E-state index in [1.54, 1.807) is 0 Å². The van der Waals surface area contributed by atoms with Gasteiger partial charge in [0.2, 0.25) is 0 Å². The molecule has 0 saturated carbocycles. The van der Waals surface area contributed by atoms with Crippen molar-refractivity contribution in [3.8, 4) is 0 Å². The largest absolute Gasteiger partial charge is 0.355 e. The van der Waals surface area contributed by atoms with E-state index < -0.39 is 0 Å². The van der Waals surface area contributed by atoms with E-state index in [1.165, 1.54) is 5.56 Å². The van der Waals surface area contributed by atoms with Crippen molar-refractivity contribution in [3.05, 3.63) is 54.4 Å². The van der Waals surface area contributed by atoms with Crippen molar-refractivity contribution in [2.75, 3.05) is 18.4 Å². The number of hydrogen-bond donors (Lipinski definition) is 1. The van der Waals surface area contributed by atoms with Crippen molar-refractivity contribution in [3.63, 3.8) is 0 Å². The summed E-state index contributed by atoms with van der Waals surface area (Å²) in [5.74, 6) is 0.980. The summed E-state index contributed by atoms with van der Waals surface area (Å²) >= 11 is 0. The zero-order valence-electron chi connectivity index (χ0n) is 9.74. The molecular formula is C14H18N2. The van der Waals surface area contributed by atoms with Gasteiger partial charge in [-0.15, -0.1) is 0 Å². The van der Waals surface area contributed by atoms with Gasteiger partial charge >= 0.3 is 0 Å². The molecule has 1 heterocycles. The summed E-state index contributed by atoms with van der Waals surface area (Å²) in [6.07, 6.45) is 5.51. The first kappa shape index (κ1) is 10.8. The van der Waals surface area contributed by atoms with Crippen molar-refractivity contribution in [1.82, 2.24) is 4.90 Å². The van der Waals surface area contributed by atoms with Crippen LogP contribution in [-0.2, 0) is 0 Å². The second-order valence-corrected chi connectivity index (χ2v) is 4.14. The minimum Gasteiger partial charge on any atom is -0.355 e. The van der Waals surface area contributed by atoms with Crippen LogP contribution < -0.4 is 5.32 Å². The van der Waals surface area contributed by atoms with Gasteiger partial charge in [0.05, 0.1) is 5.82 Å². The smallest absolute Gasteiger partial charge is 0.0986 e. The molecule has 0 radical (unpaired) electrons. The Morgan fingerprint density at radius 2 is 2.00 bits per heavy atom. The second-order valence-electron chi connectivity index (χ2n) is 4.14. The zero-order chi connectivity index (χ0) is 11.4. The van der Waals surface area contributed by atoms with Crippen LogP contribution in [0.2, 0.25) is 0 Å². The highest BCUT2D eigenvalue weighted by Gasteiger charge is 2.07.